The van der Waals surface area contributed by atoms with Crippen LogP contribution in [0.5, 0.6) is 5.75 Å². The Hall–Kier alpha value is -1.16. The van der Waals surface area contributed by atoms with Crippen LogP contribution in [0.25, 0.3) is 0 Å². The Morgan fingerprint density at radius 1 is 1.41 bits per heavy atom. The van der Waals surface area contributed by atoms with E-state index in [2.05, 4.69) is 5.32 Å². The van der Waals surface area contributed by atoms with Crippen LogP contribution in [0.1, 0.15) is 36.7 Å². The average molecular weight is 253 g/mol. The first-order valence-electron chi connectivity index (χ1n) is 5.47. The van der Waals surface area contributed by atoms with Gasteiger partial charge in [-0.3, -0.25) is 4.79 Å². The molecule has 0 atom stereocenters. The summed E-state index contributed by atoms with van der Waals surface area (Å²) in [6, 6.07) is 4.97. The highest BCUT2D eigenvalue weighted by molar-refractivity contribution is 7.98. The van der Waals surface area contributed by atoms with Gasteiger partial charge in [-0.15, -0.1) is 11.8 Å². The van der Waals surface area contributed by atoms with Gasteiger partial charge in [-0.1, -0.05) is 20.8 Å². The van der Waals surface area contributed by atoms with Crippen molar-refractivity contribution in [2.45, 2.75) is 26.2 Å². The summed E-state index contributed by atoms with van der Waals surface area (Å²) in [7, 11) is 0. The number of aromatic hydroxyl groups is 1. The number of phenols is 1. The number of rotatable bonds is 3. The largest absolute Gasteiger partial charge is 0.508 e. The maximum atomic E-state index is 11.8. The van der Waals surface area contributed by atoms with Crippen LogP contribution in [-0.4, -0.2) is 23.1 Å². The molecule has 1 aromatic carbocycles. The Labute approximate surface area is 107 Å². The van der Waals surface area contributed by atoms with Crippen LogP contribution in [0.4, 0.5) is 0 Å². The lowest BCUT2D eigenvalue weighted by molar-refractivity contribution is 0.0961. The summed E-state index contributed by atoms with van der Waals surface area (Å²) in [5.74, 6) is 0.716. The third-order valence-electron chi connectivity index (χ3n) is 2.44. The Morgan fingerprint density at radius 2 is 2.06 bits per heavy atom. The lowest BCUT2D eigenvalue weighted by Gasteiger charge is -2.21. The monoisotopic (exact) mass is 253 g/mol. The molecule has 17 heavy (non-hydrogen) atoms. The maximum Gasteiger partial charge on any atom is 0.251 e. The van der Waals surface area contributed by atoms with Gasteiger partial charge in [-0.2, -0.15) is 0 Å². The molecule has 0 aliphatic carbocycles. The van der Waals surface area contributed by atoms with Gasteiger partial charge in [0.25, 0.3) is 5.91 Å². The molecule has 0 aromatic heterocycles. The van der Waals surface area contributed by atoms with Gasteiger partial charge in [0.1, 0.15) is 5.75 Å². The number of thioether (sulfide) groups is 1. The van der Waals surface area contributed by atoms with Crippen LogP contribution in [0.3, 0.4) is 0 Å². The van der Waals surface area contributed by atoms with Crippen molar-refractivity contribution in [3.63, 3.8) is 0 Å². The first-order valence-corrected chi connectivity index (χ1v) is 6.86. The summed E-state index contributed by atoms with van der Waals surface area (Å²) in [6.07, 6.45) is 1.93. The molecule has 2 N–H and O–H groups in total. The minimum absolute atomic E-state index is 0.107. The van der Waals surface area contributed by atoms with E-state index >= 15 is 0 Å². The first kappa shape index (κ1) is 13.9. The molecule has 0 saturated heterocycles. The van der Waals surface area contributed by atoms with Gasteiger partial charge in [0.2, 0.25) is 0 Å². The highest BCUT2D eigenvalue weighted by Crippen LogP contribution is 2.31. The molecule has 0 unspecified atom stereocenters. The van der Waals surface area contributed by atoms with Crippen LogP contribution in [0.2, 0.25) is 0 Å². The lowest BCUT2D eigenvalue weighted by atomic mass is 9.85. The zero-order valence-electron chi connectivity index (χ0n) is 10.7. The molecule has 3 nitrogen and oxygen atoms in total. The summed E-state index contributed by atoms with van der Waals surface area (Å²) in [5.41, 5.74) is 1.19. The number of carbonyl (C=O) groups is 1. The van der Waals surface area contributed by atoms with Gasteiger partial charge >= 0.3 is 0 Å². The summed E-state index contributed by atoms with van der Waals surface area (Å²) in [5, 5.41) is 12.6. The molecule has 94 valence electrons. The minimum atomic E-state index is -0.181. The number of phenolic OH excluding ortho intramolecular Hbond substituents is 1. The van der Waals surface area contributed by atoms with Gasteiger partial charge in [-0.25, -0.2) is 0 Å². The summed E-state index contributed by atoms with van der Waals surface area (Å²) in [6.45, 7) is 6.02. The third-order valence-corrected chi connectivity index (χ3v) is 2.88. The molecule has 4 heteroatoms. The van der Waals surface area contributed by atoms with Crippen molar-refractivity contribution in [3.05, 3.63) is 29.3 Å². The predicted octanol–water partition coefficient (Wildman–Crippen LogP) is 2.74. The lowest BCUT2D eigenvalue weighted by Crippen LogP contribution is -2.23. The summed E-state index contributed by atoms with van der Waals surface area (Å²) in [4.78, 5) is 11.8. The zero-order chi connectivity index (χ0) is 13.1. The number of amides is 1. The van der Waals surface area contributed by atoms with Crippen LogP contribution in [0, 0.1) is 0 Å². The van der Waals surface area contributed by atoms with E-state index in [9.17, 15) is 9.90 Å². The minimum Gasteiger partial charge on any atom is -0.508 e. The summed E-state index contributed by atoms with van der Waals surface area (Å²) < 4.78 is 0. The quantitative estimate of drug-likeness (QED) is 0.814. The third kappa shape index (κ3) is 3.66. The van der Waals surface area contributed by atoms with Gasteiger partial charge in [0, 0.05) is 11.1 Å². The molecule has 0 bridgehead atoms. The summed E-state index contributed by atoms with van der Waals surface area (Å²) >= 11 is 1.56. The number of hydrogen-bond donors (Lipinski definition) is 2. The van der Waals surface area contributed by atoms with Gasteiger partial charge in [0.15, 0.2) is 0 Å². The fourth-order valence-electron chi connectivity index (χ4n) is 1.52. The van der Waals surface area contributed by atoms with Crippen LogP contribution in [0.15, 0.2) is 18.2 Å². The highest BCUT2D eigenvalue weighted by atomic mass is 32.2. The zero-order valence-corrected chi connectivity index (χ0v) is 11.5. The van der Waals surface area contributed by atoms with Gasteiger partial charge in [0.05, 0.1) is 5.88 Å². The molecular weight excluding hydrogens is 234 g/mol. The van der Waals surface area contributed by atoms with Crippen molar-refractivity contribution in [1.29, 1.82) is 0 Å². The van der Waals surface area contributed by atoms with E-state index < -0.39 is 0 Å². The van der Waals surface area contributed by atoms with Crippen molar-refractivity contribution < 1.29 is 9.90 Å². The van der Waals surface area contributed by atoms with E-state index in [0.29, 0.717) is 11.4 Å². The highest BCUT2D eigenvalue weighted by Gasteiger charge is 2.19. The SMILES string of the molecule is CSCNC(=O)c1ccc(O)c(C(C)(C)C)c1. The second-order valence-corrected chi connectivity index (χ2v) is 5.79. The van der Waals surface area contributed by atoms with E-state index in [1.165, 1.54) is 0 Å². The van der Waals surface area contributed by atoms with Crippen molar-refractivity contribution in [3.8, 4) is 5.75 Å². The van der Waals surface area contributed by atoms with Gasteiger partial charge < -0.3 is 10.4 Å². The van der Waals surface area contributed by atoms with Gasteiger partial charge in [-0.05, 0) is 29.9 Å². The number of carbonyl (C=O) groups excluding carboxylic acids is 1. The molecule has 0 aliphatic rings. The standard InChI is InChI=1S/C13H19NO2S/c1-13(2,3)10-7-9(5-6-11(10)15)12(16)14-8-17-4/h5-7,15H,8H2,1-4H3,(H,14,16). The van der Waals surface area contributed by atoms with E-state index in [0.717, 1.165) is 5.56 Å². The Kier molecular flexibility index (Phi) is 4.46. The maximum absolute atomic E-state index is 11.8. The van der Waals surface area contributed by atoms with Crippen LogP contribution < -0.4 is 5.32 Å². The Bertz CT molecular complexity index is 410. The molecule has 1 aromatic rings. The molecule has 0 saturated carbocycles. The fraction of sp³-hybridized carbons (Fsp3) is 0.462. The number of nitrogens with one attached hydrogen (secondary N) is 1. The number of hydrogen-bond acceptors (Lipinski definition) is 3. The molecule has 0 aliphatic heterocycles. The predicted molar refractivity (Wildman–Crippen MR) is 72.7 cm³/mol. The van der Waals surface area contributed by atoms with Crippen LogP contribution in [-0.2, 0) is 5.41 Å². The second-order valence-electron chi connectivity index (χ2n) is 4.92. The Balaban J connectivity index is 3.00. The van der Waals surface area contributed by atoms with Crippen molar-refractivity contribution in [2.75, 3.05) is 12.1 Å². The van der Waals surface area contributed by atoms with Crippen molar-refractivity contribution >= 4 is 17.7 Å². The van der Waals surface area contributed by atoms with Crippen molar-refractivity contribution in [2.24, 2.45) is 0 Å². The van der Waals surface area contributed by atoms with E-state index in [4.69, 9.17) is 0 Å². The first-order chi connectivity index (χ1) is 7.86. The normalized spacial score (nSPS) is 11.3. The van der Waals surface area contributed by atoms with E-state index in [1.54, 1.807) is 30.0 Å². The van der Waals surface area contributed by atoms with Crippen LogP contribution >= 0.6 is 11.8 Å². The molecule has 0 fully saturated rings. The average Bonchev–Trinajstić information content (AvgIpc) is 2.25. The molecule has 1 amide bonds. The molecule has 1 rings (SSSR count). The number of benzene rings is 1. The molecular formula is C13H19NO2S. The smallest absolute Gasteiger partial charge is 0.251 e. The molecule has 0 spiro atoms. The molecule has 0 radical (unpaired) electrons. The van der Waals surface area contributed by atoms with E-state index in [-0.39, 0.29) is 17.1 Å². The topological polar surface area (TPSA) is 49.3 Å². The Morgan fingerprint density at radius 3 is 2.59 bits per heavy atom. The van der Waals surface area contributed by atoms with E-state index in [1.807, 2.05) is 27.0 Å². The molecule has 0 heterocycles. The van der Waals surface area contributed by atoms with Crippen molar-refractivity contribution in [1.82, 2.24) is 5.32 Å². The fourth-order valence-corrected chi connectivity index (χ4v) is 1.79. The second kappa shape index (κ2) is 5.45.